The number of halogens is 1. The second-order valence-corrected chi connectivity index (χ2v) is 6.00. The SMILES string of the molecule is CCOc1c(/C=N\n2c(Cc3ccc(F)cc3)n[nH]c2=S)cccc1OC. The van der Waals surface area contributed by atoms with E-state index in [9.17, 15) is 4.39 Å². The monoisotopic (exact) mass is 386 g/mol. The second-order valence-electron chi connectivity index (χ2n) is 5.62. The Morgan fingerprint density at radius 3 is 2.74 bits per heavy atom. The van der Waals surface area contributed by atoms with E-state index in [0.29, 0.717) is 35.1 Å². The molecule has 0 atom stereocenters. The number of H-pyrrole nitrogens is 1. The summed E-state index contributed by atoms with van der Waals surface area (Å²) in [5.74, 6) is 1.57. The van der Waals surface area contributed by atoms with E-state index in [4.69, 9.17) is 21.7 Å². The Balaban J connectivity index is 1.91. The van der Waals surface area contributed by atoms with E-state index in [1.54, 1.807) is 25.5 Å². The molecule has 0 amide bonds. The van der Waals surface area contributed by atoms with Crippen LogP contribution >= 0.6 is 12.2 Å². The number of nitrogens with one attached hydrogen (secondary N) is 1. The van der Waals surface area contributed by atoms with Crippen LogP contribution < -0.4 is 9.47 Å². The van der Waals surface area contributed by atoms with Gasteiger partial charge in [0.25, 0.3) is 0 Å². The fraction of sp³-hybridized carbons (Fsp3) is 0.211. The quantitative estimate of drug-likeness (QED) is 0.493. The van der Waals surface area contributed by atoms with E-state index in [1.165, 1.54) is 16.8 Å². The maximum Gasteiger partial charge on any atom is 0.216 e. The van der Waals surface area contributed by atoms with E-state index in [-0.39, 0.29) is 5.82 Å². The van der Waals surface area contributed by atoms with Crippen LogP contribution in [0.15, 0.2) is 47.6 Å². The number of aromatic amines is 1. The van der Waals surface area contributed by atoms with Crippen LogP contribution in [0.5, 0.6) is 11.5 Å². The first-order valence-electron chi connectivity index (χ1n) is 8.37. The number of methoxy groups -OCH3 is 1. The number of hydrogen-bond donors (Lipinski definition) is 1. The van der Waals surface area contributed by atoms with Gasteiger partial charge in [0.05, 0.1) is 19.9 Å². The molecule has 3 aromatic rings. The topological polar surface area (TPSA) is 64.4 Å². The van der Waals surface area contributed by atoms with Gasteiger partial charge in [0.15, 0.2) is 17.3 Å². The summed E-state index contributed by atoms with van der Waals surface area (Å²) >= 11 is 5.27. The fourth-order valence-electron chi connectivity index (χ4n) is 2.56. The van der Waals surface area contributed by atoms with E-state index in [0.717, 1.165) is 11.1 Å². The zero-order valence-electron chi connectivity index (χ0n) is 15.0. The normalized spacial score (nSPS) is 11.1. The van der Waals surface area contributed by atoms with Crippen LogP contribution in [0.25, 0.3) is 0 Å². The summed E-state index contributed by atoms with van der Waals surface area (Å²) in [7, 11) is 1.59. The third kappa shape index (κ3) is 4.40. The minimum Gasteiger partial charge on any atom is -0.493 e. The maximum atomic E-state index is 13.1. The van der Waals surface area contributed by atoms with Crippen molar-refractivity contribution < 1.29 is 13.9 Å². The van der Waals surface area contributed by atoms with Gasteiger partial charge in [-0.1, -0.05) is 18.2 Å². The van der Waals surface area contributed by atoms with Gasteiger partial charge in [-0.3, -0.25) is 5.10 Å². The average Bonchev–Trinajstić information content (AvgIpc) is 3.02. The van der Waals surface area contributed by atoms with Crippen LogP contribution in [0.4, 0.5) is 4.39 Å². The fourth-order valence-corrected chi connectivity index (χ4v) is 2.75. The minimum atomic E-state index is -0.280. The Morgan fingerprint density at radius 1 is 1.26 bits per heavy atom. The van der Waals surface area contributed by atoms with Crippen molar-refractivity contribution in [1.82, 2.24) is 14.9 Å². The van der Waals surface area contributed by atoms with Crippen molar-refractivity contribution in [2.75, 3.05) is 13.7 Å². The molecule has 6 nitrogen and oxygen atoms in total. The van der Waals surface area contributed by atoms with Gasteiger partial charge < -0.3 is 9.47 Å². The lowest BCUT2D eigenvalue weighted by molar-refractivity contribution is 0.310. The molecule has 2 aromatic carbocycles. The van der Waals surface area contributed by atoms with Crippen LogP contribution in [-0.2, 0) is 6.42 Å². The molecule has 140 valence electrons. The molecule has 0 spiro atoms. The standard InChI is InChI=1S/C19H19FN4O2S/c1-3-26-18-14(5-4-6-16(18)25-2)12-21-24-17(22-23-19(24)27)11-13-7-9-15(20)10-8-13/h4-10,12H,3,11H2,1-2H3,(H,23,27)/b21-12-. The Labute approximate surface area is 161 Å². The predicted octanol–water partition coefficient (Wildman–Crippen LogP) is 3.96. The van der Waals surface area contributed by atoms with Gasteiger partial charge >= 0.3 is 0 Å². The van der Waals surface area contributed by atoms with Crippen molar-refractivity contribution in [1.29, 1.82) is 0 Å². The molecule has 0 radical (unpaired) electrons. The van der Waals surface area contributed by atoms with Crippen LogP contribution in [0.1, 0.15) is 23.9 Å². The summed E-state index contributed by atoms with van der Waals surface area (Å²) < 4.78 is 26.0. The van der Waals surface area contributed by atoms with Crippen molar-refractivity contribution in [2.24, 2.45) is 5.10 Å². The van der Waals surface area contributed by atoms with E-state index >= 15 is 0 Å². The molecular weight excluding hydrogens is 367 g/mol. The third-order valence-electron chi connectivity index (χ3n) is 3.82. The van der Waals surface area contributed by atoms with E-state index < -0.39 is 0 Å². The lowest BCUT2D eigenvalue weighted by Gasteiger charge is -2.11. The first kappa shape index (κ1) is 18.8. The highest BCUT2D eigenvalue weighted by molar-refractivity contribution is 7.71. The maximum absolute atomic E-state index is 13.1. The van der Waals surface area contributed by atoms with Crippen molar-refractivity contribution in [3.05, 3.63) is 70.0 Å². The molecule has 1 aromatic heterocycles. The Kier molecular flexibility index (Phi) is 5.97. The highest BCUT2D eigenvalue weighted by Crippen LogP contribution is 2.30. The molecule has 8 heteroatoms. The molecule has 27 heavy (non-hydrogen) atoms. The number of benzene rings is 2. The van der Waals surface area contributed by atoms with Crippen molar-refractivity contribution in [3.63, 3.8) is 0 Å². The molecule has 0 aliphatic carbocycles. The molecule has 0 saturated carbocycles. The van der Waals surface area contributed by atoms with E-state index in [1.807, 2.05) is 25.1 Å². The highest BCUT2D eigenvalue weighted by atomic mass is 32.1. The summed E-state index contributed by atoms with van der Waals surface area (Å²) in [5, 5.41) is 11.4. The number of rotatable bonds is 7. The second kappa shape index (κ2) is 8.59. The number of para-hydroxylation sites is 1. The summed E-state index contributed by atoms with van der Waals surface area (Å²) in [6, 6.07) is 11.8. The summed E-state index contributed by atoms with van der Waals surface area (Å²) in [5.41, 5.74) is 1.66. The van der Waals surface area contributed by atoms with Gasteiger partial charge in [0.2, 0.25) is 4.77 Å². The largest absolute Gasteiger partial charge is 0.493 e. The van der Waals surface area contributed by atoms with Crippen molar-refractivity contribution in [3.8, 4) is 11.5 Å². The van der Waals surface area contributed by atoms with Crippen molar-refractivity contribution in [2.45, 2.75) is 13.3 Å². The zero-order valence-corrected chi connectivity index (χ0v) is 15.8. The Morgan fingerprint density at radius 2 is 2.04 bits per heavy atom. The highest BCUT2D eigenvalue weighted by Gasteiger charge is 2.10. The van der Waals surface area contributed by atoms with Gasteiger partial charge in [-0.2, -0.15) is 14.9 Å². The number of hydrogen-bond acceptors (Lipinski definition) is 5. The first-order valence-corrected chi connectivity index (χ1v) is 8.78. The first-order chi connectivity index (χ1) is 13.1. The van der Waals surface area contributed by atoms with Gasteiger partial charge in [0, 0.05) is 12.0 Å². The van der Waals surface area contributed by atoms with Gasteiger partial charge in [-0.15, -0.1) is 0 Å². The average molecular weight is 386 g/mol. The Hall–Kier alpha value is -3.00. The molecule has 0 aliphatic rings. The number of ether oxygens (including phenoxy) is 2. The molecule has 1 N–H and O–H groups in total. The molecule has 0 fully saturated rings. The molecule has 1 heterocycles. The summed E-state index contributed by atoms with van der Waals surface area (Å²) in [4.78, 5) is 0. The third-order valence-corrected chi connectivity index (χ3v) is 4.09. The van der Waals surface area contributed by atoms with Gasteiger partial charge in [-0.05, 0) is 49.0 Å². The predicted molar refractivity (Wildman–Crippen MR) is 104 cm³/mol. The minimum absolute atomic E-state index is 0.280. The molecule has 0 saturated heterocycles. The molecular formula is C19H19FN4O2S. The summed E-state index contributed by atoms with van der Waals surface area (Å²) in [6.45, 7) is 2.41. The molecule has 0 unspecified atom stereocenters. The van der Waals surface area contributed by atoms with E-state index in [2.05, 4.69) is 15.3 Å². The smallest absolute Gasteiger partial charge is 0.216 e. The van der Waals surface area contributed by atoms with Crippen LogP contribution in [0.2, 0.25) is 0 Å². The molecule has 0 aliphatic heterocycles. The molecule has 3 rings (SSSR count). The van der Waals surface area contributed by atoms with Crippen molar-refractivity contribution >= 4 is 18.4 Å². The van der Waals surface area contributed by atoms with Gasteiger partial charge in [-0.25, -0.2) is 4.39 Å². The summed E-state index contributed by atoms with van der Waals surface area (Å²) in [6.07, 6.45) is 2.11. The lowest BCUT2D eigenvalue weighted by Crippen LogP contribution is -2.02. The van der Waals surface area contributed by atoms with Crippen LogP contribution in [-0.4, -0.2) is 34.8 Å². The lowest BCUT2D eigenvalue weighted by atomic mass is 10.1. The van der Waals surface area contributed by atoms with Crippen LogP contribution in [0, 0.1) is 10.6 Å². The molecule has 0 bridgehead atoms. The van der Waals surface area contributed by atoms with Gasteiger partial charge in [0.1, 0.15) is 5.82 Å². The number of nitrogens with zero attached hydrogens (tertiary/aromatic N) is 3. The Bertz CT molecular complexity index is 996. The zero-order chi connectivity index (χ0) is 19.2. The van der Waals surface area contributed by atoms with Crippen LogP contribution in [0.3, 0.4) is 0 Å². The number of aromatic nitrogens is 3.